The lowest BCUT2D eigenvalue weighted by molar-refractivity contribution is -0.0125. The molecule has 2 aromatic rings. The van der Waals surface area contributed by atoms with Crippen molar-refractivity contribution in [2.45, 2.75) is 52.4 Å². The van der Waals surface area contributed by atoms with E-state index in [1.165, 1.54) is 6.07 Å². The Morgan fingerprint density at radius 3 is 2.62 bits per heavy atom. The van der Waals surface area contributed by atoms with Gasteiger partial charge in [-0.2, -0.15) is 0 Å². The van der Waals surface area contributed by atoms with Gasteiger partial charge in [-0.05, 0) is 45.4 Å². The maximum Gasteiger partial charge on any atom is 0.336 e. The van der Waals surface area contributed by atoms with Crippen molar-refractivity contribution in [1.82, 2.24) is 0 Å². The average molecular weight is 356 g/mol. The van der Waals surface area contributed by atoms with Crippen LogP contribution in [0.25, 0.3) is 17.0 Å². The van der Waals surface area contributed by atoms with Gasteiger partial charge in [-0.3, -0.25) is 0 Å². The van der Waals surface area contributed by atoms with Crippen molar-refractivity contribution in [1.29, 1.82) is 0 Å². The van der Waals surface area contributed by atoms with E-state index in [1.807, 2.05) is 39.8 Å². The lowest BCUT2D eigenvalue weighted by atomic mass is 9.85. The standard InChI is InChI=1S/C21H24O5/c1-10-9-14(22)25-20-15(10)19-13(7-8-21(4,5)26-19)18-16(20)17(23-6)11(2)12(3)24-18/h7-9,11-12,17H,1-6H3. The summed E-state index contributed by atoms with van der Waals surface area (Å²) in [6.45, 7) is 10.00. The number of rotatable bonds is 1. The van der Waals surface area contributed by atoms with Crippen molar-refractivity contribution in [2.24, 2.45) is 5.92 Å². The maximum atomic E-state index is 12.1. The zero-order valence-corrected chi connectivity index (χ0v) is 16.0. The molecule has 0 radical (unpaired) electrons. The van der Waals surface area contributed by atoms with Crippen LogP contribution < -0.4 is 15.1 Å². The van der Waals surface area contributed by atoms with Crippen LogP contribution in [-0.2, 0) is 4.74 Å². The molecule has 1 aromatic carbocycles. The minimum atomic E-state index is -0.453. The topological polar surface area (TPSA) is 57.9 Å². The molecular weight excluding hydrogens is 332 g/mol. The molecule has 0 saturated heterocycles. The smallest absolute Gasteiger partial charge is 0.336 e. The van der Waals surface area contributed by atoms with Crippen LogP contribution in [0, 0.1) is 12.8 Å². The molecule has 138 valence electrons. The molecule has 5 heteroatoms. The number of hydrogen-bond acceptors (Lipinski definition) is 5. The summed E-state index contributed by atoms with van der Waals surface area (Å²) >= 11 is 0. The van der Waals surface area contributed by atoms with Crippen molar-refractivity contribution < 1.29 is 18.6 Å². The third-order valence-electron chi connectivity index (χ3n) is 5.44. The molecule has 26 heavy (non-hydrogen) atoms. The fourth-order valence-electron chi connectivity index (χ4n) is 3.93. The van der Waals surface area contributed by atoms with E-state index in [4.69, 9.17) is 18.6 Å². The van der Waals surface area contributed by atoms with Gasteiger partial charge in [0.25, 0.3) is 0 Å². The number of hydrogen-bond donors (Lipinski definition) is 0. The average Bonchev–Trinajstić information content (AvgIpc) is 2.55. The quantitative estimate of drug-likeness (QED) is 0.709. The van der Waals surface area contributed by atoms with E-state index in [9.17, 15) is 4.79 Å². The third kappa shape index (κ3) is 2.37. The summed E-state index contributed by atoms with van der Waals surface area (Å²) in [6.07, 6.45) is 3.80. The first-order chi connectivity index (χ1) is 12.2. The van der Waals surface area contributed by atoms with E-state index in [1.54, 1.807) is 7.11 Å². The van der Waals surface area contributed by atoms with Crippen LogP contribution in [0.4, 0.5) is 0 Å². The van der Waals surface area contributed by atoms with Crippen molar-refractivity contribution in [3.8, 4) is 11.5 Å². The van der Waals surface area contributed by atoms with Crippen LogP contribution in [0.5, 0.6) is 11.5 Å². The van der Waals surface area contributed by atoms with Crippen molar-refractivity contribution in [2.75, 3.05) is 7.11 Å². The van der Waals surface area contributed by atoms with Crippen molar-refractivity contribution in [3.63, 3.8) is 0 Å². The van der Waals surface area contributed by atoms with E-state index in [0.29, 0.717) is 17.1 Å². The van der Waals surface area contributed by atoms with Crippen LogP contribution >= 0.6 is 0 Å². The Morgan fingerprint density at radius 2 is 1.92 bits per heavy atom. The third-order valence-corrected chi connectivity index (χ3v) is 5.44. The summed E-state index contributed by atoms with van der Waals surface area (Å²) in [6, 6.07) is 1.50. The zero-order valence-electron chi connectivity index (χ0n) is 16.0. The second-order valence-corrected chi connectivity index (χ2v) is 7.82. The molecule has 0 saturated carbocycles. The minimum absolute atomic E-state index is 0.0335. The summed E-state index contributed by atoms with van der Waals surface area (Å²) in [5.41, 5.74) is 2.15. The first-order valence-electron chi connectivity index (χ1n) is 8.95. The minimum Gasteiger partial charge on any atom is -0.489 e. The van der Waals surface area contributed by atoms with E-state index in [2.05, 4.69) is 6.92 Å². The van der Waals surface area contributed by atoms with Crippen LogP contribution in [-0.4, -0.2) is 18.8 Å². The SMILES string of the molecule is COC1c2c(c3c(c4c(C)cc(=O)oc24)OC(C)(C)C=C3)OC(C)C1C. The second kappa shape index (κ2) is 5.61. The maximum absolute atomic E-state index is 12.1. The van der Waals surface area contributed by atoms with Gasteiger partial charge in [0, 0.05) is 19.1 Å². The van der Waals surface area contributed by atoms with Gasteiger partial charge in [-0.25, -0.2) is 4.79 Å². The summed E-state index contributed by atoms with van der Waals surface area (Å²) in [5.74, 6) is 1.50. The highest BCUT2D eigenvalue weighted by Crippen LogP contribution is 2.52. The molecule has 4 rings (SSSR count). The Morgan fingerprint density at radius 1 is 1.19 bits per heavy atom. The number of methoxy groups -OCH3 is 1. The molecule has 0 aliphatic carbocycles. The Balaban J connectivity index is 2.18. The Bertz CT molecular complexity index is 982. The fourth-order valence-corrected chi connectivity index (χ4v) is 3.93. The highest BCUT2D eigenvalue weighted by molar-refractivity contribution is 5.97. The van der Waals surface area contributed by atoms with Gasteiger partial charge in [0.15, 0.2) is 5.58 Å². The van der Waals surface area contributed by atoms with Crippen LogP contribution in [0.1, 0.15) is 50.5 Å². The molecule has 0 amide bonds. The molecular formula is C21H24O5. The Labute approximate surface area is 152 Å². The predicted octanol–water partition coefficient (Wildman–Crippen LogP) is 4.39. The first kappa shape index (κ1) is 17.2. The lowest BCUT2D eigenvalue weighted by Crippen LogP contribution is -2.35. The molecule has 2 aliphatic heterocycles. The molecule has 1 aromatic heterocycles. The molecule has 0 spiro atoms. The number of benzene rings is 1. The molecule has 0 fully saturated rings. The summed E-state index contributed by atoms with van der Waals surface area (Å²) in [4.78, 5) is 12.1. The van der Waals surface area contributed by atoms with E-state index in [0.717, 1.165) is 22.1 Å². The van der Waals surface area contributed by atoms with Crippen LogP contribution in [0.2, 0.25) is 0 Å². The first-order valence-corrected chi connectivity index (χ1v) is 8.95. The Kier molecular flexibility index (Phi) is 3.70. The molecule has 0 bridgehead atoms. The van der Waals surface area contributed by atoms with Crippen molar-refractivity contribution in [3.05, 3.63) is 39.3 Å². The van der Waals surface area contributed by atoms with Gasteiger partial charge in [-0.15, -0.1) is 0 Å². The fraction of sp³-hybridized carbons (Fsp3) is 0.476. The molecule has 3 atom stereocenters. The summed E-state index contributed by atoms with van der Waals surface area (Å²) in [5, 5.41) is 0.808. The monoisotopic (exact) mass is 356 g/mol. The lowest BCUT2D eigenvalue weighted by Gasteiger charge is -2.38. The van der Waals surface area contributed by atoms with E-state index < -0.39 is 5.60 Å². The van der Waals surface area contributed by atoms with Gasteiger partial charge < -0.3 is 18.6 Å². The van der Waals surface area contributed by atoms with Gasteiger partial charge in [0.2, 0.25) is 0 Å². The van der Waals surface area contributed by atoms with Gasteiger partial charge in [-0.1, -0.05) is 6.92 Å². The summed E-state index contributed by atoms with van der Waals surface area (Å²) in [7, 11) is 1.68. The van der Waals surface area contributed by atoms with Crippen molar-refractivity contribution >= 4 is 17.0 Å². The number of ether oxygens (including phenoxy) is 3. The second-order valence-electron chi connectivity index (χ2n) is 7.82. The summed E-state index contributed by atoms with van der Waals surface area (Å²) < 4.78 is 24.0. The molecule has 5 nitrogen and oxygen atoms in total. The van der Waals surface area contributed by atoms with E-state index >= 15 is 0 Å². The molecule has 3 unspecified atom stereocenters. The Hall–Kier alpha value is -2.27. The number of aryl methyl sites for hydroxylation is 1. The van der Waals surface area contributed by atoms with Gasteiger partial charge in [0.05, 0.1) is 22.6 Å². The molecule has 2 aliphatic rings. The van der Waals surface area contributed by atoms with Crippen LogP contribution in [0.15, 0.2) is 21.4 Å². The van der Waals surface area contributed by atoms with Crippen LogP contribution in [0.3, 0.4) is 0 Å². The highest BCUT2D eigenvalue weighted by Gasteiger charge is 2.40. The van der Waals surface area contributed by atoms with E-state index in [-0.39, 0.29) is 23.8 Å². The zero-order chi connectivity index (χ0) is 18.8. The van der Waals surface area contributed by atoms with Gasteiger partial charge >= 0.3 is 5.63 Å². The molecule has 3 heterocycles. The molecule has 0 N–H and O–H groups in total. The normalized spacial score (nSPS) is 26.0. The van der Waals surface area contributed by atoms with Gasteiger partial charge in [0.1, 0.15) is 23.2 Å². The highest BCUT2D eigenvalue weighted by atomic mass is 16.5. The largest absolute Gasteiger partial charge is 0.489 e. The predicted molar refractivity (Wildman–Crippen MR) is 100.0 cm³/mol. The number of fused-ring (bicyclic) bond motifs is 6.